The van der Waals surface area contributed by atoms with E-state index in [1.165, 1.54) is 6.33 Å². The van der Waals surface area contributed by atoms with E-state index in [1.807, 2.05) is 34.1 Å². The maximum Gasteiger partial charge on any atom is 0.231 e. The Morgan fingerprint density at radius 2 is 1.91 bits per heavy atom. The van der Waals surface area contributed by atoms with E-state index < -0.39 is 6.67 Å². The lowest BCUT2D eigenvalue weighted by Gasteiger charge is -2.40. The zero-order valence-electron chi connectivity index (χ0n) is 20.3. The molecule has 0 aliphatic carbocycles. The standard InChI is InChI=1S/C25H33ClFN7O/c1-17(2)28-14-21(19-4-6-20(26)7-5-19)25(35)33-12-10-32(11-13-33)24-22-23(29-16-30-24)31-18(3)15-34(22)9-8-27/h4-7,16-17,21,28H,3,8-15H2,1-2H3,(H,29,30,31)/t21-/m1/s1. The van der Waals surface area contributed by atoms with Crippen LogP contribution in [0.2, 0.25) is 5.02 Å². The molecule has 2 aliphatic heterocycles. The highest BCUT2D eigenvalue weighted by Gasteiger charge is 2.32. The number of aromatic nitrogens is 2. The van der Waals surface area contributed by atoms with Gasteiger partial charge in [0.2, 0.25) is 5.91 Å². The first-order valence-corrected chi connectivity index (χ1v) is 12.4. The van der Waals surface area contributed by atoms with E-state index in [0.29, 0.717) is 50.1 Å². The highest BCUT2D eigenvalue weighted by atomic mass is 35.5. The van der Waals surface area contributed by atoms with Crippen molar-refractivity contribution in [1.29, 1.82) is 0 Å². The van der Waals surface area contributed by atoms with Crippen LogP contribution >= 0.6 is 11.6 Å². The van der Waals surface area contributed by atoms with Crippen molar-refractivity contribution in [3.63, 3.8) is 0 Å². The number of fused-ring (bicyclic) bond motifs is 1. The molecule has 188 valence electrons. The summed E-state index contributed by atoms with van der Waals surface area (Å²) >= 11 is 6.07. The van der Waals surface area contributed by atoms with Crippen LogP contribution < -0.4 is 20.4 Å². The Bertz CT molecular complexity index is 1040. The topological polar surface area (TPSA) is 76.6 Å². The average molecular weight is 502 g/mol. The van der Waals surface area contributed by atoms with Crippen LogP contribution in [-0.4, -0.2) is 79.3 Å². The molecule has 1 fully saturated rings. The van der Waals surface area contributed by atoms with E-state index in [-0.39, 0.29) is 24.4 Å². The van der Waals surface area contributed by atoms with E-state index in [1.54, 1.807) is 0 Å². The average Bonchev–Trinajstić information content (AvgIpc) is 2.84. The van der Waals surface area contributed by atoms with Gasteiger partial charge in [0.25, 0.3) is 0 Å². The van der Waals surface area contributed by atoms with Gasteiger partial charge in [0.15, 0.2) is 11.6 Å². The molecule has 0 radical (unpaired) electrons. The Kier molecular flexibility index (Phi) is 8.07. The van der Waals surface area contributed by atoms with Gasteiger partial charge in [-0.1, -0.05) is 44.2 Å². The fourth-order valence-corrected chi connectivity index (χ4v) is 4.67. The number of carbonyl (C=O) groups is 1. The van der Waals surface area contributed by atoms with Crippen LogP contribution in [0.25, 0.3) is 0 Å². The van der Waals surface area contributed by atoms with Gasteiger partial charge in [-0.3, -0.25) is 4.79 Å². The smallest absolute Gasteiger partial charge is 0.231 e. The molecule has 0 unspecified atom stereocenters. The number of benzene rings is 1. The SMILES string of the molecule is C=C1CN(CCF)c2c(ncnc2N2CCN(C(=O)[C@H](CNC(C)C)c3ccc(Cl)cc3)CC2)N1. The molecule has 35 heavy (non-hydrogen) atoms. The van der Waals surface area contributed by atoms with Crippen LogP contribution in [0.15, 0.2) is 42.9 Å². The quantitative estimate of drug-likeness (QED) is 0.575. The second kappa shape index (κ2) is 11.2. The van der Waals surface area contributed by atoms with Crippen molar-refractivity contribution in [3.05, 3.63) is 53.5 Å². The molecule has 8 nitrogen and oxygen atoms in total. The number of alkyl halides is 1. The van der Waals surface area contributed by atoms with Crippen molar-refractivity contribution in [3.8, 4) is 0 Å². The highest BCUT2D eigenvalue weighted by Crippen LogP contribution is 2.37. The summed E-state index contributed by atoms with van der Waals surface area (Å²) in [5.74, 6) is 1.21. The minimum absolute atomic E-state index is 0.0989. The maximum absolute atomic E-state index is 13.6. The van der Waals surface area contributed by atoms with Gasteiger partial charge < -0.3 is 25.3 Å². The Balaban J connectivity index is 1.49. The molecule has 0 spiro atoms. The minimum atomic E-state index is -0.472. The monoisotopic (exact) mass is 501 g/mol. The Labute approximate surface area is 211 Å². The Morgan fingerprint density at radius 1 is 1.20 bits per heavy atom. The third-order valence-electron chi connectivity index (χ3n) is 6.34. The zero-order chi connectivity index (χ0) is 24.9. The van der Waals surface area contributed by atoms with Crippen molar-refractivity contribution >= 4 is 34.8 Å². The van der Waals surface area contributed by atoms with Crippen LogP contribution in [0.1, 0.15) is 25.3 Å². The van der Waals surface area contributed by atoms with Crippen LogP contribution in [-0.2, 0) is 4.79 Å². The van der Waals surface area contributed by atoms with Crippen LogP contribution in [0.4, 0.5) is 21.7 Å². The number of rotatable bonds is 8. The van der Waals surface area contributed by atoms with Crippen molar-refractivity contribution in [2.75, 3.05) is 67.6 Å². The summed E-state index contributed by atoms with van der Waals surface area (Å²) in [6, 6.07) is 7.78. The van der Waals surface area contributed by atoms with Crippen molar-refractivity contribution in [2.24, 2.45) is 0 Å². The number of nitrogens with one attached hydrogen (secondary N) is 2. The predicted molar refractivity (Wildman–Crippen MR) is 139 cm³/mol. The van der Waals surface area contributed by atoms with Gasteiger partial charge in [0.05, 0.1) is 12.5 Å². The van der Waals surface area contributed by atoms with Gasteiger partial charge in [-0.25, -0.2) is 14.4 Å². The summed E-state index contributed by atoms with van der Waals surface area (Å²) in [6.07, 6.45) is 1.51. The molecule has 2 N–H and O–H groups in total. The van der Waals surface area contributed by atoms with E-state index in [4.69, 9.17) is 11.6 Å². The fourth-order valence-electron chi connectivity index (χ4n) is 4.55. The number of carbonyl (C=O) groups excluding carboxylic acids is 1. The molecule has 1 aromatic carbocycles. The van der Waals surface area contributed by atoms with Crippen molar-refractivity contribution in [1.82, 2.24) is 20.2 Å². The lowest BCUT2D eigenvalue weighted by molar-refractivity contribution is -0.133. The molecule has 2 aromatic rings. The minimum Gasteiger partial charge on any atom is -0.357 e. The summed E-state index contributed by atoms with van der Waals surface area (Å²) in [5.41, 5.74) is 2.51. The molecular weight excluding hydrogens is 469 g/mol. The molecule has 4 rings (SSSR count). The Morgan fingerprint density at radius 3 is 2.57 bits per heavy atom. The Hall–Kier alpha value is -2.91. The summed E-state index contributed by atoms with van der Waals surface area (Å²) in [6.45, 7) is 11.4. The fraction of sp³-hybridized carbons (Fsp3) is 0.480. The van der Waals surface area contributed by atoms with Crippen molar-refractivity contribution < 1.29 is 9.18 Å². The number of anilines is 3. The summed E-state index contributed by atoms with van der Waals surface area (Å²) in [5, 5.41) is 7.26. The maximum atomic E-state index is 13.6. The largest absolute Gasteiger partial charge is 0.357 e. The lowest BCUT2D eigenvalue weighted by atomic mass is 9.96. The molecule has 2 aliphatic rings. The molecule has 1 amide bonds. The molecule has 1 aromatic heterocycles. The van der Waals surface area contributed by atoms with Crippen molar-refractivity contribution in [2.45, 2.75) is 25.8 Å². The number of hydrogen-bond acceptors (Lipinski definition) is 7. The number of hydrogen-bond donors (Lipinski definition) is 2. The molecule has 3 heterocycles. The van der Waals surface area contributed by atoms with Crippen LogP contribution in [0, 0.1) is 0 Å². The molecule has 0 bridgehead atoms. The molecule has 1 atom stereocenters. The van der Waals surface area contributed by atoms with Crippen LogP contribution in [0.3, 0.4) is 0 Å². The summed E-state index contributed by atoms with van der Waals surface area (Å²) < 4.78 is 13.3. The second-order valence-corrected chi connectivity index (χ2v) is 9.65. The molecule has 1 saturated heterocycles. The number of piperazine rings is 1. The molecular formula is C25H33ClFN7O. The van der Waals surface area contributed by atoms with Gasteiger partial charge in [-0.15, -0.1) is 0 Å². The first-order valence-electron chi connectivity index (χ1n) is 12.0. The van der Waals surface area contributed by atoms with Gasteiger partial charge in [0.1, 0.15) is 18.7 Å². The van der Waals surface area contributed by atoms with Crippen LogP contribution in [0.5, 0.6) is 0 Å². The van der Waals surface area contributed by atoms with E-state index in [2.05, 4.69) is 45.9 Å². The van der Waals surface area contributed by atoms with Gasteiger partial charge >= 0.3 is 0 Å². The lowest BCUT2D eigenvalue weighted by Crippen LogP contribution is -2.51. The van der Waals surface area contributed by atoms with E-state index >= 15 is 0 Å². The zero-order valence-corrected chi connectivity index (χ0v) is 21.1. The number of nitrogens with zero attached hydrogens (tertiary/aromatic N) is 5. The van der Waals surface area contributed by atoms with Gasteiger partial charge in [-0.2, -0.15) is 0 Å². The second-order valence-electron chi connectivity index (χ2n) is 9.21. The normalized spacial score (nSPS) is 16.8. The third-order valence-corrected chi connectivity index (χ3v) is 6.59. The number of amides is 1. The third kappa shape index (κ3) is 5.85. The summed E-state index contributed by atoms with van der Waals surface area (Å²) in [4.78, 5) is 28.5. The highest BCUT2D eigenvalue weighted by molar-refractivity contribution is 6.30. The van der Waals surface area contributed by atoms with Gasteiger partial charge in [0, 0.05) is 56.0 Å². The summed E-state index contributed by atoms with van der Waals surface area (Å²) in [7, 11) is 0. The first kappa shape index (κ1) is 25.2. The van der Waals surface area contributed by atoms with Gasteiger partial charge in [-0.05, 0) is 17.7 Å². The first-order chi connectivity index (χ1) is 16.9. The van der Waals surface area contributed by atoms with E-state index in [9.17, 15) is 9.18 Å². The molecule has 10 heteroatoms. The molecule has 0 saturated carbocycles. The predicted octanol–water partition coefficient (Wildman–Crippen LogP) is 3.28. The van der Waals surface area contributed by atoms with E-state index in [0.717, 1.165) is 22.8 Å². The number of halogens is 2.